The topological polar surface area (TPSA) is 87.1 Å². The first-order valence-electron chi connectivity index (χ1n) is 11.0. The van der Waals surface area contributed by atoms with E-state index < -0.39 is 24.1 Å². The average molecular weight is 493 g/mol. The van der Waals surface area contributed by atoms with Gasteiger partial charge in [-0.1, -0.05) is 36.4 Å². The molecule has 4 rings (SSSR count). The number of H-pyrrole nitrogens is 1. The second-order valence-corrected chi connectivity index (χ2v) is 8.08. The maximum Gasteiger partial charge on any atom is 0.573 e. The van der Waals surface area contributed by atoms with Crippen LogP contribution in [0, 0.1) is 11.3 Å². The molecule has 0 spiro atoms. The van der Waals surface area contributed by atoms with Gasteiger partial charge < -0.3 is 19.8 Å². The molecule has 1 unspecified atom stereocenters. The number of fused-ring (bicyclic) bond motifs is 1. The molecule has 0 aliphatic rings. The summed E-state index contributed by atoms with van der Waals surface area (Å²) < 4.78 is 48.5. The normalized spacial score (nSPS) is 12.1. The third-order valence-electron chi connectivity index (χ3n) is 5.69. The molecule has 0 bridgehead atoms. The quantitative estimate of drug-likeness (QED) is 0.315. The SMILES string of the molecule is COc1ccc(-c2ccc(OC(F)(F)F)c(C(=O)NC(CC#N)Cc3c[nH]c4ccccc34)c2)cc1. The molecule has 1 amide bonds. The Balaban J connectivity index is 1.64. The van der Waals surface area contributed by atoms with Crippen LogP contribution in [0.5, 0.6) is 11.5 Å². The van der Waals surface area contributed by atoms with Gasteiger partial charge in [0.15, 0.2) is 0 Å². The van der Waals surface area contributed by atoms with Crippen molar-refractivity contribution in [2.45, 2.75) is 25.2 Å². The van der Waals surface area contributed by atoms with Gasteiger partial charge in [0.2, 0.25) is 0 Å². The highest BCUT2D eigenvalue weighted by atomic mass is 19.4. The molecule has 6 nitrogen and oxygen atoms in total. The predicted octanol–water partition coefficient (Wildman–Crippen LogP) is 6.00. The second kappa shape index (κ2) is 10.4. The molecule has 0 aliphatic heterocycles. The van der Waals surface area contributed by atoms with Crippen molar-refractivity contribution in [2.75, 3.05) is 7.11 Å². The lowest BCUT2D eigenvalue weighted by Gasteiger charge is -2.19. The third kappa shape index (κ3) is 5.78. The van der Waals surface area contributed by atoms with Gasteiger partial charge in [0.05, 0.1) is 25.2 Å². The van der Waals surface area contributed by atoms with E-state index in [1.165, 1.54) is 19.2 Å². The van der Waals surface area contributed by atoms with Gasteiger partial charge in [-0.3, -0.25) is 4.79 Å². The number of halogens is 3. The molecule has 9 heteroatoms. The first kappa shape index (κ1) is 24.7. The Kier molecular flexibility index (Phi) is 7.15. The fourth-order valence-electron chi connectivity index (χ4n) is 4.00. The number of aromatic amines is 1. The second-order valence-electron chi connectivity index (χ2n) is 8.08. The lowest BCUT2D eigenvalue weighted by atomic mass is 10.00. The number of nitriles is 1. The molecular weight excluding hydrogens is 471 g/mol. The molecule has 0 saturated carbocycles. The highest BCUT2D eigenvalue weighted by Gasteiger charge is 2.33. The average Bonchev–Trinajstić information content (AvgIpc) is 3.26. The van der Waals surface area contributed by atoms with E-state index in [2.05, 4.69) is 15.0 Å². The molecule has 0 aliphatic carbocycles. The van der Waals surface area contributed by atoms with E-state index in [4.69, 9.17) is 4.74 Å². The fourth-order valence-corrected chi connectivity index (χ4v) is 4.00. The van der Waals surface area contributed by atoms with Crippen molar-refractivity contribution in [2.24, 2.45) is 0 Å². The Labute approximate surface area is 205 Å². The van der Waals surface area contributed by atoms with Gasteiger partial charge in [0, 0.05) is 23.1 Å². The van der Waals surface area contributed by atoms with Crippen molar-refractivity contribution in [1.29, 1.82) is 5.26 Å². The summed E-state index contributed by atoms with van der Waals surface area (Å²) in [4.78, 5) is 16.4. The Morgan fingerprint density at radius 3 is 2.50 bits per heavy atom. The predicted molar refractivity (Wildman–Crippen MR) is 129 cm³/mol. The summed E-state index contributed by atoms with van der Waals surface area (Å²) in [6, 6.07) is 19.8. The van der Waals surface area contributed by atoms with Gasteiger partial charge in [0.25, 0.3) is 5.91 Å². The zero-order valence-electron chi connectivity index (χ0n) is 19.2. The van der Waals surface area contributed by atoms with Crippen molar-refractivity contribution in [3.05, 3.63) is 84.1 Å². The molecule has 0 radical (unpaired) electrons. The zero-order chi connectivity index (χ0) is 25.7. The van der Waals surface area contributed by atoms with Crippen LogP contribution in [0.15, 0.2) is 72.9 Å². The van der Waals surface area contributed by atoms with Crippen LogP contribution in [0.4, 0.5) is 13.2 Å². The Morgan fingerprint density at radius 2 is 1.81 bits per heavy atom. The van der Waals surface area contributed by atoms with E-state index >= 15 is 0 Å². The van der Waals surface area contributed by atoms with Gasteiger partial charge in [-0.2, -0.15) is 5.26 Å². The smallest absolute Gasteiger partial charge is 0.497 e. The van der Waals surface area contributed by atoms with Crippen LogP contribution in [-0.2, 0) is 6.42 Å². The van der Waals surface area contributed by atoms with Crippen molar-refractivity contribution in [1.82, 2.24) is 10.3 Å². The van der Waals surface area contributed by atoms with Crippen molar-refractivity contribution < 1.29 is 27.4 Å². The highest BCUT2D eigenvalue weighted by Crippen LogP contribution is 2.32. The standard InChI is InChI=1S/C27H22F3N3O3/c1-35-21-9-6-17(7-10-21)18-8-11-25(36-27(28,29)30)23(15-18)26(34)33-20(12-13-31)14-19-16-32-24-5-3-2-4-22(19)24/h2-11,15-16,20,32H,12,14H2,1H3,(H,33,34). The van der Waals surface area contributed by atoms with Gasteiger partial charge in [-0.15, -0.1) is 13.2 Å². The largest absolute Gasteiger partial charge is 0.573 e. The lowest BCUT2D eigenvalue weighted by molar-refractivity contribution is -0.274. The summed E-state index contributed by atoms with van der Waals surface area (Å²) in [5.41, 5.74) is 2.69. The molecule has 184 valence electrons. The van der Waals surface area contributed by atoms with Gasteiger partial charge in [0.1, 0.15) is 11.5 Å². The third-order valence-corrected chi connectivity index (χ3v) is 5.69. The van der Waals surface area contributed by atoms with Gasteiger partial charge >= 0.3 is 6.36 Å². The number of para-hydroxylation sites is 1. The minimum atomic E-state index is -4.98. The van der Waals surface area contributed by atoms with Crippen molar-refractivity contribution in [3.63, 3.8) is 0 Å². The number of methoxy groups -OCH3 is 1. The Morgan fingerprint density at radius 1 is 1.08 bits per heavy atom. The first-order valence-corrected chi connectivity index (χ1v) is 11.0. The molecule has 4 aromatic rings. The van der Waals surface area contributed by atoms with Crippen LogP contribution >= 0.6 is 0 Å². The number of carbonyl (C=O) groups is 1. The number of hydrogen-bond acceptors (Lipinski definition) is 4. The number of nitrogens with zero attached hydrogens (tertiary/aromatic N) is 1. The molecule has 36 heavy (non-hydrogen) atoms. The minimum Gasteiger partial charge on any atom is -0.497 e. The van der Waals surface area contributed by atoms with Crippen LogP contribution in [0.1, 0.15) is 22.3 Å². The molecule has 0 saturated heterocycles. The van der Waals surface area contributed by atoms with Crippen LogP contribution in [0.25, 0.3) is 22.0 Å². The number of alkyl halides is 3. The fraction of sp³-hybridized carbons (Fsp3) is 0.185. The monoisotopic (exact) mass is 493 g/mol. The van der Waals surface area contributed by atoms with Crippen LogP contribution in [-0.4, -0.2) is 30.4 Å². The van der Waals surface area contributed by atoms with E-state index in [9.17, 15) is 23.2 Å². The van der Waals surface area contributed by atoms with Gasteiger partial charge in [-0.05, 0) is 53.4 Å². The van der Waals surface area contributed by atoms with E-state index in [0.29, 0.717) is 23.3 Å². The van der Waals surface area contributed by atoms with Crippen molar-refractivity contribution in [3.8, 4) is 28.7 Å². The molecule has 2 N–H and O–H groups in total. The Hall–Kier alpha value is -4.45. The maximum atomic E-state index is 13.2. The van der Waals surface area contributed by atoms with Crippen LogP contribution < -0.4 is 14.8 Å². The van der Waals surface area contributed by atoms with Crippen LogP contribution in [0.2, 0.25) is 0 Å². The molecule has 3 aromatic carbocycles. The minimum absolute atomic E-state index is 0.0289. The van der Waals surface area contributed by atoms with Gasteiger partial charge in [-0.25, -0.2) is 0 Å². The zero-order valence-corrected chi connectivity index (χ0v) is 19.2. The number of rotatable bonds is 8. The number of aromatic nitrogens is 1. The number of nitrogens with one attached hydrogen (secondary N) is 2. The number of carbonyl (C=O) groups excluding carboxylic acids is 1. The van der Waals surface area contributed by atoms with E-state index in [1.54, 1.807) is 30.5 Å². The van der Waals surface area contributed by atoms with E-state index in [-0.39, 0.29) is 12.0 Å². The van der Waals surface area contributed by atoms with Crippen LogP contribution in [0.3, 0.4) is 0 Å². The number of benzene rings is 3. The van der Waals surface area contributed by atoms with E-state index in [1.807, 2.05) is 30.3 Å². The molecule has 1 aromatic heterocycles. The molecule has 0 fully saturated rings. The number of amides is 1. The summed E-state index contributed by atoms with van der Waals surface area (Å²) >= 11 is 0. The number of ether oxygens (including phenoxy) is 2. The Bertz CT molecular complexity index is 1410. The summed E-state index contributed by atoms with van der Waals surface area (Å²) in [7, 11) is 1.52. The molecule has 1 atom stereocenters. The van der Waals surface area contributed by atoms with Crippen molar-refractivity contribution >= 4 is 16.8 Å². The summed E-state index contributed by atoms with van der Waals surface area (Å²) in [6.45, 7) is 0. The van der Waals surface area contributed by atoms with E-state index in [0.717, 1.165) is 22.5 Å². The summed E-state index contributed by atoms with van der Waals surface area (Å²) in [6.07, 6.45) is -2.90. The molecule has 1 heterocycles. The summed E-state index contributed by atoms with van der Waals surface area (Å²) in [5.74, 6) is -0.782. The first-order chi connectivity index (χ1) is 17.3. The maximum absolute atomic E-state index is 13.2. The molecular formula is C27H22F3N3O3. The lowest BCUT2D eigenvalue weighted by Crippen LogP contribution is -2.36. The number of hydrogen-bond donors (Lipinski definition) is 2. The highest BCUT2D eigenvalue weighted by molar-refractivity contribution is 5.98. The summed E-state index contributed by atoms with van der Waals surface area (Å²) in [5, 5.41) is 13.0.